The summed E-state index contributed by atoms with van der Waals surface area (Å²) in [4.78, 5) is 11.6. The predicted octanol–water partition coefficient (Wildman–Crippen LogP) is 2.83. The first-order chi connectivity index (χ1) is 10.1. The second-order valence-corrected chi connectivity index (χ2v) is 4.75. The van der Waals surface area contributed by atoms with E-state index >= 15 is 0 Å². The average molecular weight is 282 g/mol. The van der Waals surface area contributed by atoms with E-state index in [9.17, 15) is 4.79 Å². The van der Waals surface area contributed by atoms with E-state index in [-0.39, 0.29) is 12.5 Å². The smallest absolute Gasteiger partial charge is 0.277 e. The standard InChI is InChI=1S/C17H18N2O2/c1-13-6-5-9-16(10-13)21-12-17(20)19-18-11-15-8-4-3-7-14(15)2/h3-11H,12H2,1-2H3,(H,19,20)/b18-11-. The number of nitrogens with zero attached hydrogens (tertiary/aromatic N) is 1. The van der Waals surface area contributed by atoms with Gasteiger partial charge in [0.15, 0.2) is 6.61 Å². The van der Waals surface area contributed by atoms with Crippen LogP contribution in [0.4, 0.5) is 0 Å². The normalized spacial score (nSPS) is 10.6. The molecule has 108 valence electrons. The van der Waals surface area contributed by atoms with E-state index in [1.54, 1.807) is 6.21 Å². The molecule has 0 aromatic heterocycles. The van der Waals surface area contributed by atoms with Crippen LogP contribution in [0, 0.1) is 13.8 Å². The Balaban J connectivity index is 1.81. The molecule has 21 heavy (non-hydrogen) atoms. The number of carbonyl (C=O) groups is 1. The van der Waals surface area contributed by atoms with Gasteiger partial charge in [-0.25, -0.2) is 5.43 Å². The lowest BCUT2D eigenvalue weighted by atomic mass is 10.1. The first-order valence-corrected chi connectivity index (χ1v) is 6.72. The average Bonchev–Trinajstić information content (AvgIpc) is 2.47. The molecule has 1 N–H and O–H groups in total. The molecule has 0 spiro atoms. The summed E-state index contributed by atoms with van der Waals surface area (Å²) in [7, 11) is 0. The van der Waals surface area contributed by atoms with Crippen molar-refractivity contribution >= 4 is 12.1 Å². The van der Waals surface area contributed by atoms with Crippen LogP contribution in [0.3, 0.4) is 0 Å². The Hall–Kier alpha value is -2.62. The Bertz CT molecular complexity index is 651. The number of hydrogen-bond acceptors (Lipinski definition) is 3. The van der Waals surface area contributed by atoms with Gasteiger partial charge >= 0.3 is 0 Å². The number of amides is 1. The molecule has 0 fully saturated rings. The van der Waals surface area contributed by atoms with Crippen molar-refractivity contribution in [3.8, 4) is 5.75 Å². The van der Waals surface area contributed by atoms with Crippen LogP contribution in [0.5, 0.6) is 5.75 Å². The summed E-state index contributed by atoms with van der Waals surface area (Å²) >= 11 is 0. The van der Waals surface area contributed by atoms with Gasteiger partial charge in [0, 0.05) is 0 Å². The number of nitrogens with one attached hydrogen (secondary N) is 1. The molecule has 0 heterocycles. The van der Waals surface area contributed by atoms with Crippen molar-refractivity contribution in [1.29, 1.82) is 0 Å². The van der Waals surface area contributed by atoms with Gasteiger partial charge in [-0.3, -0.25) is 4.79 Å². The summed E-state index contributed by atoms with van der Waals surface area (Å²) in [6, 6.07) is 15.4. The Morgan fingerprint density at radius 2 is 2.00 bits per heavy atom. The van der Waals surface area contributed by atoms with Crippen molar-refractivity contribution in [2.45, 2.75) is 13.8 Å². The lowest BCUT2D eigenvalue weighted by molar-refractivity contribution is -0.123. The lowest BCUT2D eigenvalue weighted by Crippen LogP contribution is -2.24. The maximum atomic E-state index is 11.6. The SMILES string of the molecule is Cc1cccc(OCC(=O)N/N=C\c2ccccc2C)c1. The maximum absolute atomic E-state index is 11.6. The van der Waals surface area contributed by atoms with E-state index in [1.807, 2.05) is 62.4 Å². The van der Waals surface area contributed by atoms with Crippen molar-refractivity contribution in [2.75, 3.05) is 6.61 Å². The Morgan fingerprint density at radius 1 is 1.19 bits per heavy atom. The van der Waals surface area contributed by atoms with Gasteiger partial charge in [0.05, 0.1) is 6.21 Å². The van der Waals surface area contributed by atoms with Gasteiger partial charge in [0.1, 0.15) is 5.75 Å². The van der Waals surface area contributed by atoms with Crippen LogP contribution < -0.4 is 10.2 Å². The third-order valence-corrected chi connectivity index (χ3v) is 2.94. The molecule has 0 unspecified atom stereocenters. The van der Waals surface area contributed by atoms with Gasteiger partial charge in [-0.05, 0) is 42.7 Å². The van der Waals surface area contributed by atoms with E-state index in [0.29, 0.717) is 5.75 Å². The van der Waals surface area contributed by atoms with Gasteiger partial charge < -0.3 is 4.74 Å². The minimum absolute atomic E-state index is 0.0609. The van der Waals surface area contributed by atoms with Gasteiger partial charge in [0.2, 0.25) is 0 Å². The molecule has 2 aromatic carbocycles. The van der Waals surface area contributed by atoms with Crippen LogP contribution in [0.15, 0.2) is 53.6 Å². The van der Waals surface area contributed by atoms with Crippen LogP contribution >= 0.6 is 0 Å². The summed E-state index contributed by atoms with van der Waals surface area (Å²) in [5.41, 5.74) is 5.61. The zero-order valence-corrected chi connectivity index (χ0v) is 12.2. The Labute approximate surface area is 124 Å². The topological polar surface area (TPSA) is 50.7 Å². The van der Waals surface area contributed by atoms with Gasteiger partial charge in [-0.2, -0.15) is 5.10 Å². The molecule has 0 saturated carbocycles. The largest absolute Gasteiger partial charge is 0.484 e. The van der Waals surface area contributed by atoms with E-state index in [0.717, 1.165) is 16.7 Å². The zero-order chi connectivity index (χ0) is 15.1. The number of rotatable bonds is 5. The van der Waals surface area contributed by atoms with Crippen molar-refractivity contribution < 1.29 is 9.53 Å². The monoisotopic (exact) mass is 282 g/mol. The van der Waals surface area contributed by atoms with E-state index in [2.05, 4.69) is 10.5 Å². The summed E-state index contributed by atoms with van der Waals surface area (Å²) < 4.78 is 5.39. The van der Waals surface area contributed by atoms with Crippen molar-refractivity contribution in [1.82, 2.24) is 5.43 Å². The first-order valence-electron chi connectivity index (χ1n) is 6.72. The molecule has 0 aliphatic carbocycles. The molecule has 4 heteroatoms. The van der Waals surface area contributed by atoms with Crippen molar-refractivity contribution in [3.63, 3.8) is 0 Å². The highest BCUT2D eigenvalue weighted by atomic mass is 16.5. The Kier molecular flexibility index (Phi) is 5.10. The lowest BCUT2D eigenvalue weighted by Gasteiger charge is -2.05. The second kappa shape index (κ2) is 7.24. The molecule has 0 radical (unpaired) electrons. The predicted molar refractivity (Wildman–Crippen MR) is 83.6 cm³/mol. The molecule has 1 amide bonds. The molecule has 2 aromatic rings. The highest BCUT2D eigenvalue weighted by Gasteiger charge is 2.01. The Morgan fingerprint density at radius 3 is 2.76 bits per heavy atom. The van der Waals surface area contributed by atoms with Crippen LogP contribution in [0.2, 0.25) is 0 Å². The van der Waals surface area contributed by atoms with Crippen LogP contribution in [0.1, 0.15) is 16.7 Å². The summed E-state index contributed by atoms with van der Waals surface area (Å²) in [6.45, 7) is 3.90. The molecule has 4 nitrogen and oxygen atoms in total. The third-order valence-electron chi connectivity index (χ3n) is 2.94. The molecular formula is C17H18N2O2. The number of aryl methyl sites for hydroxylation is 2. The van der Waals surface area contributed by atoms with E-state index in [1.165, 1.54) is 0 Å². The van der Waals surface area contributed by atoms with Crippen molar-refractivity contribution in [3.05, 3.63) is 65.2 Å². The van der Waals surface area contributed by atoms with Crippen LogP contribution in [-0.2, 0) is 4.79 Å². The fourth-order valence-electron chi connectivity index (χ4n) is 1.79. The van der Waals surface area contributed by atoms with Gasteiger partial charge in [-0.15, -0.1) is 0 Å². The second-order valence-electron chi connectivity index (χ2n) is 4.75. The molecule has 0 aliphatic rings. The number of hydrogen-bond donors (Lipinski definition) is 1. The summed E-state index contributed by atoms with van der Waals surface area (Å²) in [6.07, 6.45) is 1.62. The van der Waals surface area contributed by atoms with Crippen molar-refractivity contribution in [2.24, 2.45) is 5.10 Å². The number of carbonyl (C=O) groups excluding carboxylic acids is 1. The maximum Gasteiger partial charge on any atom is 0.277 e. The molecule has 0 bridgehead atoms. The highest BCUT2D eigenvalue weighted by Crippen LogP contribution is 2.11. The number of benzene rings is 2. The number of ether oxygens (including phenoxy) is 1. The molecule has 0 aliphatic heterocycles. The molecule has 0 saturated heterocycles. The summed E-state index contributed by atoms with van der Waals surface area (Å²) in [5.74, 6) is 0.384. The quantitative estimate of drug-likeness (QED) is 0.677. The minimum atomic E-state index is -0.290. The van der Waals surface area contributed by atoms with Gasteiger partial charge in [-0.1, -0.05) is 36.4 Å². The van der Waals surface area contributed by atoms with Crippen LogP contribution in [-0.4, -0.2) is 18.7 Å². The van der Waals surface area contributed by atoms with Crippen LogP contribution in [0.25, 0.3) is 0 Å². The minimum Gasteiger partial charge on any atom is -0.484 e. The molecular weight excluding hydrogens is 264 g/mol. The third kappa shape index (κ3) is 4.76. The summed E-state index contributed by atoms with van der Waals surface area (Å²) in [5, 5.41) is 3.93. The fraction of sp³-hybridized carbons (Fsp3) is 0.176. The van der Waals surface area contributed by atoms with E-state index in [4.69, 9.17) is 4.74 Å². The molecule has 2 rings (SSSR count). The first kappa shape index (κ1) is 14.8. The zero-order valence-electron chi connectivity index (χ0n) is 12.2. The van der Waals surface area contributed by atoms with Gasteiger partial charge in [0.25, 0.3) is 5.91 Å². The highest BCUT2D eigenvalue weighted by molar-refractivity contribution is 5.84. The van der Waals surface area contributed by atoms with E-state index < -0.39 is 0 Å². The fourth-order valence-corrected chi connectivity index (χ4v) is 1.79. The number of hydrazone groups is 1. The molecule has 0 atom stereocenters.